The summed E-state index contributed by atoms with van der Waals surface area (Å²) in [5.74, 6) is 0. The molecule has 1 N–H and O–H groups in total. The number of aromatic nitrogens is 1. The van der Waals surface area contributed by atoms with Gasteiger partial charge in [0.15, 0.2) is 5.13 Å². The summed E-state index contributed by atoms with van der Waals surface area (Å²) in [6, 6.07) is 18.1. The van der Waals surface area contributed by atoms with E-state index in [0.717, 1.165) is 16.1 Å². The molecule has 0 saturated heterocycles. The van der Waals surface area contributed by atoms with Crippen LogP contribution in [0.3, 0.4) is 0 Å². The first kappa shape index (κ1) is 14.7. The summed E-state index contributed by atoms with van der Waals surface area (Å²) in [4.78, 5) is 5.52. The van der Waals surface area contributed by atoms with E-state index in [1.54, 1.807) is 30.3 Å². The van der Waals surface area contributed by atoms with E-state index in [4.69, 9.17) is 0 Å². The summed E-state index contributed by atoms with van der Waals surface area (Å²) in [5, 5.41) is 0.375. The van der Waals surface area contributed by atoms with Crippen LogP contribution in [0.2, 0.25) is 0 Å². The SMILES string of the molecule is Cc1nc(NS(=O)(=O)c2ccccc2)sc1-c1ccccc1. The van der Waals surface area contributed by atoms with E-state index >= 15 is 0 Å². The van der Waals surface area contributed by atoms with E-state index in [9.17, 15) is 8.42 Å². The van der Waals surface area contributed by atoms with Gasteiger partial charge >= 0.3 is 0 Å². The van der Waals surface area contributed by atoms with Crippen LogP contribution in [0, 0.1) is 6.92 Å². The molecule has 1 heterocycles. The molecule has 0 bridgehead atoms. The van der Waals surface area contributed by atoms with Crippen molar-refractivity contribution in [2.45, 2.75) is 11.8 Å². The van der Waals surface area contributed by atoms with Gasteiger partial charge in [-0.25, -0.2) is 13.4 Å². The molecule has 0 amide bonds. The van der Waals surface area contributed by atoms with Crippen molar-refractivity contribution in [1.82, 2.24) is 4.98 Å². The molecule has 0 aliphatic heterocycles. The van der Waals surface area contributed by atoms with Crippen molar-refractivity contribution in [2.24, 2.45) is 0 Å². The van der Waals surface area contributed by atoms with E-state index in [-0.39, 0.29) is 4.90 Å². The monoisotopic (exact) mass is 330 g/mol. The average Bonchev–Trinajstić information content (AvgIpc) is 2.89. The molecule has 0 radical (unpaired) electrons. The number of hydrogen-bond acceptors (Lipinski definition) is 4. The van der Waals surface area contributed by atoms with Crippen LogP contribution >= 0.6 is 11.3 Å². The molecule has 0 fully saturated rings. The fourth-order valence-corrected chi connectivity index (χ4v) is 4.30. The minimum atomic E-state index is -3.60. The summed E-state index contributed by atoms with van der Waals surface area (Å²) in [6.45, 7) is 1.87. The van der Waals surface area contributed by atoms with E-state index in [0.29, 0.717) is 5.13 Å². The highest BCUT2D eigenvalue weighted by Crippen LogP contribution is 2.33. The van der Waals surface area contributed by atoms with Crippen LogP contribution in [-0.2, 0) is 10.0 Å². The molecule has 3 aromatic rings. The zero-order valence-electron chi connectivity index (χ0n) is 11.9. The zero-order valence-corrected chi connectivity index (χ0v) is 13.5. The number of nitrogens with zero attached hydrogens (tertiary/aromatic N) is 1. The van der Waals surface area contributed by atoms with Crippen LogP contribution in [-0.4, -0.2) is 13.4 Å². The molecule has 0 unspecified atom stereocenters. The standard InChI is InChI=1S/C16H14N2O2S2/c1-12-15(13-8-4-2-5-9-13)21-16(17-12)18-22(19,20)14-10-6-3-7-11-14/h2-11H,1H3,(H,17,18). The lowest BCUT2D eigenvalue weighted by Crippen LogP contribution is -2.12. The third-order valence-electron chi connectivity index (χ3n) is 3.11. The third kappa shape index (κ3) is 3.03. The lowest BCUT2D eigenvalue weighted by Gasteiger charge is -2.04. The molecule has 1 aromatic heterocycles. The Balaban J connectivity index is 1.92. The van der Waals surface area contributed by atoms with Gasteiger partial charge in [-0.15, -0.1) is 0 Å². The van der Waals surface area contributed by atoms with Gasteiger partial charge in [0, 0.05) is 0 Å². The van der Waals surface area contributed by atoms with Crippen LogP contribution in [0.15, 0.2) is 65.6 Å². The fourth-order valence-electron chi connectivity index (χ4n) is 2.07. The van der Waals surface area contributed by atoms with Gasteiger partial charge in [-0.05, 0) is 24.6 Å². The minimum absolute atomic E-state index is 0.226. The Labute approximate surface area is 133 Å². The van der Waals surface area contributed by atoms with Crippen molar-refractivity contribution >= 4 is 26.5 Å². The Bertz CT molecular complexity index is 873. The predicted octanol–water partition coefficient (Wildman–Crippen LogP) is 3.92. The Morgan fingerprint density at radius 1 is 0.955 bits per heavy atom. The van der Waals surface area contributed by atoms with Crippen molar-refractivity contribution in [1.29, 1.82) is 0 Å². The van der Waals surface area contributed by atoms with E-state index in [2.05, 4.69) is 9.71 Å². The first-order valence-corrected chi connectivity index (χ1v) is 8.97. The molecule has 2 aromatic carbocycles. The van der Waals surface area contributed by atoms with Crippen molar-refractivity contribution in [2.75, 3.05) is 4.72 Å². The fraction of sp³-hybridized carbons (Fsp3) is 0.0625. The lowest BCUT2D eigenvalue weighted by atomic mass is 10.2. The summed E-state index contributed by atoms with van der Waals surface area (Å²) in [6.07, 6.45) is 0. The molecular formula is C16H14N2O2S2. The van der Waals surface area contributed by atoms with Crippen molar-refractivity contribution in [3.8, 4) is 10.4 Å². The zero-order chi connectivity index (χ0) is 15.6. The molecule has 3 rings (SSSR count). The molecule has 22 heavy (non-hydrogen) atoms. The average molecular weight is 330 g/mol. The topological polar surface area (TPSA) is 59.1 Å². The highest BCUT2D eigenvalue weighted by atomic mass is 32.2. The number of sulfonamides is 1. The molecule has 0 spiro atoms. The van der Waals surface area contributed by atoms with E-state index < -0.39 is 10.0 Å². The summed E-state index contributed by atoms with van der Waals surface area (Å²) >= 11 is 1.33. The maximum absolute atomic E-state index is 12.3. The number of benzene rings is 2. The largest absolute Gasteiger partial charge is 0.263 e. The maximum Gasteiger partial charge on any atom is 0.263 e. The Hall–Kier alpha value is -2.18. The summed E-state index contributed by atoms with van der Waals surface area (Å²) in [7, 11) is -3.60. The second-order valence-electron chi connectivity index (χ2n) is 4.72. The molecule has 0 saturated carbocycles. The Kier molecular flexibility index (Phi) is 3.96. The molecular weight excluding hydrogens is 316 g/mol. The summed E-state index contributed by atoms with van der Waals surface area (Å²) < 4.78 is 27.2. The van der Waals surface area contributed by atoms with Gasteiger partial charge in [-0.1, -0.05) is 59.9 Å². The van der Waals surface area contributed by atoms with Crippen molar-refractivity contribution < 1.29 is 8.42 Å². The molecule has 4 nitrogen and oxygen atoms in total. The number of nitrogens with one attached hydrogen (secondary N) is 1. The molecule has 0 aliphatic carbocycles. The van der Waals surface area contributed by atoms with Crippen LogP contribution in [0.5, 0.6) is 0 Å². The Morgan fingerprint density at radius 2 is 1.55 bits per heavy atom. The quantitative estimate of drug-likeness (QED) is 0.789. The number of anilines is 1. The van der Waals surface area contributed by atoms with Gasteiger partial charge in [-0.3, -0.25) is 4.72 Å². The minimum Gasteiger partial charge on any atom is -0.255 e. The Morgan fingerprint density at radius 3 is 2.18 bits per heavy atom. The van der Waals surface area contributed by atoms with E-state index in [1.807, 2.05) is 37.3 Å². The molecule has 0 atom stereocenters. The van der Waals surface area contributed by atoms with Crippen LogP contribution in [0.25, 0.3) is 10.4 Å². The lowest BCUT2D eigenvalue weighted by molar-refractivity contribution is 0.601. The van der Waals surface area contributed by atoms with E-state index in [1.165, 1.54) is 11.3 Å². The first-order chi connectivity index (χ1) is 10.6. The van der Waals surface area contributed by atoms with Crippen LogP contribution in [0.4, 0.5) is 5.13 Å². The number of aryl methyl sites for hydroxylation is 1. The molecule has 112 valence electrons. The van der Waals surface area contributed by atoms with Crippen molar-refractivity contribution in [3.63, 3.8) is 0 Å². The van der Waals surface area contributed by atoms with Crippen molar-refractivity contribution in [3.05, 3.63) is 66.4 Å². The maximum atomic E-state index is 12.3. The van der Waals surface area contributed by atoms with Crippen LogP contribution < -0.4 is 4.72 Å². The first-order valence-electron chi connectivity index (χ1n) is 6.67. The van der Waals surface area contributed by atoms with Gasteiger partial charge in [0.25, 0.3) is 10.0 Å². The van der Waals surface area contributed by atoms with Gasteiger partial charge in [-0.2, -0.15) is 0 Å². The molecule has 0 aliphatic rings. The highest BCUT2D eigenvalue weighted by Gasteiger charge is 2.17. The van der Waals surface area contributed by atoms with Gasteiger partial charge in [0.1, 0.15) is 0 Å². The number of thiazole rings is 1. The smallest absolute Gasteiger partial charge is 0.255 e. The van der Waals surface area contributed by atoms with Gasteiger partial charge in [0.05, 0.1) is 15.5 Å². The van der Waals surface area contributed by atoms with Gasteiger partial charge < -0.3 is 0 Å². The third-order valence-corrected chi connectivity index (χ3v) is 5.71. The second-order valence-corrected chi connectivity index (χ2v) is 7.40. The predicted molar refractivity (Wildman–Crippen MR) is 89.5 cm³/mol. The summed E-state index contributed by atoms with van der Waals surface area (Å²) in [5.41, 5.74) is 1.84. The highest BCUT2D eigenvalue weighted by molar-refractivity contribution is 7.93. The normalized spacial score (nSPS) is 11.3. The molecule has 6 heteroatoms. The number of hydrogen-bond donors (Lipinski definition) is 1. The van der Waals surface area contributed by atoms with Crippen LogP contribution in [0.1, 0.15) is 5.69 Å². The van der Waals surface area contributed by atoms with Gasteiger partial charge in [0.2, 0.25) is 0 Å². The second kappa shape index (κ2) is 5.90. The number of rotatable bonds is 4.